The van der Waals surface area contributed by atoms with E-state index in [2.05, 4.69) is 0 Å². The van der Waals surface area contributed by atoms with Crippen molar-refractivity contribution in [1.82, 2.24) is 0 Å². The Labute approximate surface area is 135 Å². The van der Waals surface area contributed by atoms with E-state index in [9.17, 15) is 21.4 Å². The standard InChI is InChI=1S/C12H10INO5S2/c13-9-4-1-3-8(7-9)12-10(20(14,15)16)5-2-6-11(12)21(17,18)19/h1-7H,(H2,14,15,16)(H,17,18,19). The molecule has 0 aliphatic heterocycles. The minimum atomic E-state index is -4.60. The molecule has 0 radical (unpaired) electrons. The lowest BCUT2D eigenvalue weighted by Crippen LogP contribution is -2.15. The number of hydrogen-bond acceptors (Lipinski definition) is 4. The predicted molar refractivity (Wildman–Crippen MR) is 85.8 cm³/mol. The number of benzene rings is 2. The number of hydrogen-bond donors (Lipinski definition) is 2. The third kappa shape index (κ3) is 3.61. The van der Waals surface area contributed by atoms with Gasteiger partial charge in [-0.1, -0.05) is 18.2 Å². The van der Waals surface area contributed by atoms with Crippen molar-refractivity contribution in [3.8, 4) is 11.1 Å². The fourth-order valence-corrected chi connectivity index (χ4v) is 4.02. The van der Waals surface area contributed by atoms with Crippen LogP contribution in [-0.2, 0) is 20.1 Å². The highest BCUT2D eigenvalue weighted by atomic mass is 127. The van der Waals surface area contributed by atoms with E-state index < -0.39 is 25.0 Å². The summed E-state index contributed by atoms with van der Waals surface area (Å²) >= 11 is 2.00. The van der Waals surface area contributed by atoms with E-state index in [4.69, 9.17) is 5.14 Å². The van der Waals surface area contributed by atoms with Crippen LogP contribution in [0.25, 0.3) is 11.1 Å². The smallest absolute Gasteiger partial charge is 0.282 e. The van der Waals surface area contributed by atoms with Gasteiger partial charge in [-0.25, -0.2) is 13.6 Å². The minimum absolute atomic E-state index is 0.138. The Morgan fingerprint density at radius 1 is 0.952 bits per heavy atom. The molecule has 0 aliphatic carbocycles. The van der Waals surface area contributed by atoms with Gasteiger partial charge in [0.1, 0.15) is 4.90 Å². The van der Waals surface area contributed by atoms with Crippen LogP contribution in [-0.4, -0.2) is 21.4 Å². The molecule has 0 saturated heterocycles. The zero-order valence-electron chi connectivity index (χ0n) is 10.4. The molecule has 6 nitrogen and oxygen atoms in total. The molecule has 3 N–H and O–H groups in total. The molecule has 0 spiro atoms. The van der Waals surface area contributed by atoms with Crippen LogP contribution in [0, 0.1) is 3.57 Å². The number of primary sulfonamides is 1. The molecule has 2 rings (SSSR count). The topological polar surface area (TPSA) is 115 Å². The summed E-state index contributed by atoms with van der Waals surface area (Å²) in [5, 5.41) is 5.14. The number of nitrogens with two attached hydrogens (primary N) is 1. The first-order valence-electron chi connectivity index (χ1n) is 5.50. The second-order valence-corrected chi connectivity index (χ2v) is 8.33. The highest BCUT2D eigenvalue weighted by molar-refractivity contribution is 14.1. The molecular weight excluding hydrogens is 429 g/mol. The van der Waals surface area contributed by atoms with Crippen LogP contribution in [0.4, 0.5) is 0 Å². The van der Waals surface area contributed by atoms with Gasteiger partial charge in [0.05, 0.1) is 4.90 Å². The monoisotopic (exact) mass is 439 g/mol. The van der Waals surface area contributed by atoms with Crippen molar-refractivity contribution in [2.75, 3.05) is 0 Å². The first kappa shape index (κ1) is 16.4. The Hall–Kier alpha value is -1.01. The lowest BCUT2D eigenvalue weighted by Gasteiger charge is -2.12. The molecule has 0 amide bonds. The largest absolute Gasteiger partial charge is 0.295 e. The van der Waals surface area contributed by atoms with Crippen molar-refractivity contribution < 1.29 is 21.4 Å². The summed E-state index contributed by atoms with van der Waals surface area (Å²) in [6.45, 7) is 0. The Balaban J connectivity index is 2.96. The zero-order valence-corrected chi connectivity index (χ0v) is 14.2. The third-order valence-electron chi connectivity index (χ3n) is 2.69. The maximum atomic E-state index is 11.7. The molecule has 0 aromatic heterocycles. The van der Waals surface area contributed by atoms with Crippen LogP contribution in [0.15, 0.2) is 52.3 Å². The summed E-state index contributed by atoms with van der Waals surface area (Å²) in [7, 11) is -8.75. The van der Waals surface area contributed by atoms with E-state index in [1.807, 2.05) is 22.6 Å². The molecule has 9 heteroatoms. The molecule has 0 bridgehead atoms. The molecular formula is C12H10INO5S2. The first-order valence-corrected chi connectivity index (χ1v) is 9.56. The Morgan fingerprint density at radius 2 is 1.52 bits per heavy atom. The maximum absolute atomic E-state index is 11.7. The number of rotatable bonds is 3. The van der Waals surface area contributed by atoms with E-state index in [1.54, 1.807) is 24.3 Å². The zero-order chi connectivity index (χ0) is 15.8. The van der Waals surface area contributed by atoms with Crippen molar-refractivity contribution in [1.29, 1.82) is 0 Å². The van der Waals surface area contributed by atoms with Gasteiger partial charge < -0.3 is 0 Å². The van der Waals surface area contributed by atoms with Gasteiger partial charge in [-0.3, -0.25) is 4.55 Å². The summed E-state index contributed by atoms with van der Waals surface area (Å²) < 4.78 is 56.5. The molecule has 0 unspecified atom stereocenters. The highest BCUT2D eigenvalue weighted by Crippen LogP contribution is 2.33. The van der Waals surface area contributed by atoms with Crippen LogP contribution in [0.1, 0.15) is 0 Å². The van der Waals surface area contributed by atoms with Crippen LogP contribution in [0.3, 0.4) is 0 Å². The second kappa shape index (κ2) is 5.65. The van der Waals surface area contributed by atoms with Crippen LogP contribution in [0.5, 0.6) is 0 Å². The predicted octanol–water partition coefficient (Wildman–Crippen LogP) is 1.85. The van der Waals surface area contributed by atoms with Crippen molar-refractivity contribution in [3.63, 3.8) is 0 Å². The van der Waals surface area contributed by atoms with E-state index in [0.29, 0.717) is 5.56 Å². The number of sulfonamides is 1. The molecule has 0 saturated carbocycles. The Bertz CT molecular complexity index is 857. The maximum Gasteiger partial charge on any atom is 0.295 e. The van der Waals surface area contributed by atoms with Gasteiger partial charge in [-0.05, 0) is 52.4 Å². The van der Waals surface area contributed by atoms with Crippen LogP contribution < -0.4 is 5.14 Å². The van der Waals surface area contributed by atoms with Gasteiger partial charge in [0.15, 0.2) is 0 Å². The summed E-state index contributed by atoms with van der Waals surface area (Å²) in [6, 6.07) is 10.1. The average molecular weight is 439 g/mol. The molecule has 0 aliphatic rings. The van der Waals surface area contributed by atoms with Gasteiger partial charge in [-0.2, -0.15) is 8.42 Å². The van der Waals surface area contributed by atoms with Crippen LogP contribution >= 0.6 is 22.6 Å². The summed E-state index contributed by atoms with van der Waals surface area (Å²) in [4.78, 5) is -0.865. The highest BCUT2D eigenvalue weighted by Gasteiger charge is 2.24. The molecule has 0 fully saturated rings. The van der Waals surface area contributed by atoms with Gasteiger partial charge in [0, 0.05) is 9.13 Å². The lowest BCUT2D eigenvalue weighted by molar-refractivity contribution is 0.483. The molecule has 21 heavy (non-hydrogen) atoms. The molecule has 0 heterocycles. The first-order chi connectivity index (χ1) is 9.60. The summed E-state index contributed by atoms with van der Waals surface area (Å²) in [5.41, 5.74) is 0.195. The summed E-state index contributed by atoms with van der Waals surface area (Å²) in [5.74, 6) is 0. The van der Waals surface area contributed by atoms with Crippen molar-refractivity contribution >= 4 is 42.7 Å². The van der Waals surface area contributed by atoms with Gasteiger partial charge >= 0.3 is 0 Å². The Kier molecular flexibility index (Phi) is 4.40. The normalized spacial score (nSPS) is 12.3. The fraction of sp³-hybridized carbons (Fsp3) is 0. The van der Waals surface area contributed by atoms with Crippen LogP contribution in [0.2, 0.25) is 0 Å². The quantitative estimate of drug-likeness (QED) is 0.560. The van der Waals surface area contributed by atoms with E-state index in [0.717, 1.165) is 9.64 Å². The van der Waals surface area contributed by atoms with Gasteiger partial charge in [-0.15, -0.1) is 0 Å². The average Bonchev–Trinajstić information content (AvgIpc) is 2.36. The number of halogens is 1. The van der Waals surface area contributed by atoms with E-state index in [1.165, 1.54) is 12.1 Å². The van der Waals surface area contributed by atoms with Crippen molar-refractivity contribution in [3.05, 3.63) is 46.0 Å². The third-order valence-corrected chi connectivity index (χ3v) is 5.21. The van der Waals surface area contributed by atoms with Crippen molar-refractivity contribution in [2.45, 2.75) is 9.79 Å². The lowest BCUT2D eigenvalue weighted by atomic mass is 10.1. The SMILES string of the molecule is NS(=O)(=O)c1cccc(S(=O)(=O)O)c1-c1cccc(I)c1. The second-order valence-electron chi connectivity index (χ2n) is 4.16. The fourth-order valence-electron chi connectivity index (χ4n) is 1.89. The minimum Gasteiger partial charge on any atom is -0.282 e. The molecule has 2 aromatic rings. The summed E-state index contributed by atoms with van der Waals surface area (Å²) in [6.07, 6.45) is 0. The Morgan fingerprint density at radius 3 is 2.05 bits per heavy atom. The van der Waals surface area contributed by atoms with Crippen molar-refractivity contribution in [2.24, 2.45) is 5.14 Å². The van der Waals surface area contributed by atoms with E-state index in [-0.39, 0.29) is 10.5 Å². The molecule has 112 valence electrons. The van der Waals surface area contributed by atoms with E-state index >= 15 is 0 Å². The molecule has 0 atom stereocenters. The van der Waals surface area contributed by atoms with Gasteiger partial charge in [0.25, 0.3) is 10.1 Å². The molecule has 2 aromatic carbocycles. The van der Waals surface area contributed by atoms with Gasteiger partial charge in [0.2, 0.25) is 10.0 Å².